The number of aryl methyl sites for hydroxylation is 1. The molecule has 2 rings (SSSR count). The quantitative estimate of drug-likeness (QED) is 0.851. The van der Waals surface area contributed by atoms with Gasteiger partial charge in [0.15, 0.2) is 0 Å². The van der Waals surface area contributed by atoms with Gasteiger partial charge in [-0.3, -0.25) is 4.72 Å². The van der Waals surface area contributed by atoms with E-state index in [4.69, 9.17) is 0 Å². The van der Waals surface area contributed by atoms with Crippen molar-refractivity contribution in [2.45, 2.75) is 11.3 Å². The van der Waals surface area contributed by atoms with E-state index in [-0.39, 0.29) is 4.90 Å². The fraction of sp³-hybridized carbons (Fsp3) is 0.154. The summed E-state index contributed by atoms with van der Waals surface area (Å²) in [6.45, 7) is 0. The van der Waals surface area contributed by atoms with Crippen LogP contribution in [0.25, 0.3) is 0 Å². The Hall–Kier alpha value is -1.40. The predicted octanol–water partition coefficient (Wildman–Crippen LogP) is 2.82. The lowest BCUT2D eigenvalue weighted by Gasteiger charge is -2.07. The van der Waals surface area contributed by atoms with Gasteiger partial charge in [-0.05, 0) is 36.2 Å². The molecule has 0 atom stereocenters. The van der Waals surface area contributed by atoms with Crippen LogP contribution in [0, 0.1) is 0 Å². The van der Waals surface area contributed by atoms with E-state index in [1.807, 2.05) is 12.1 Å². The second kappa shape index (κ2) is 6.16. The van der Waals surface area contributed by atoms with Crippen molar-refractivity contribution in [2.24, 2.45) is 0 Å². The largest absolute Gasteiger partial charge is 0.263 e. The van der Waals surface area contributed by atoms with E-state index in [0.29, 0.717) is 5.82 Å². The van der Waals surface area contributed by atoms with Crippen molar-refractivity contribution >= 4 is 31.8 Å². The van der Waals surface area contributed by atoms with Gasteiger partial charge in [-0.1, -0.05) is 34.1 Å². The SMILES string of the molecule is O=S(=O)(Nc1ccccn1)c1ccc(CCBr)cc1. The highest BCUT2D eigenvalue weighted by Crippen LogP contribution is 2.15. The van der Waals surface area contributed by atoms with E-state index in [2.05, 4.69) is 25.6 Å². The zero-order valence-corrected chi connectivity index (χ0v) is 12.5. The molecular weight excluding hydrogens is 328 g/mol. The van der Waals surface area contributed by atoms with Gasteiger partial charge in [0, 0.05) is 11.5 Å². The van der Waals surface area contributed by atoms with Crippen LogP contribution in [-0.4, -0.2) is 18.7 Å². The van der Waals surface area contributed by atoms with Gasteiger partial charge in [-0.2, -0.15) is 0 Å². The summed E-state index contributed by atoms with van der Waals surface area (Å²) in [5.41, 5.74) is 1.09. The molecule has 4 nitrogen and oxygen atoms in total. The van der Waals surface area contributed by atoms with Crippen LogP contribution in [0.4, 0.5) is 5.82 Å². The van der Waals surface area contributed by atoms with Crippen molar-refractivity contribution in [1.82, 2.24) is 4.98 Å². The van der Waals surface area contributed by atoms with Crippen LogP contribution in [0.15, 0.2) is 53.6 Å². The Morgan fingerprint density at radius 3 is 2.42 bits per heavy atom. The van der Waals surface area contributed by atoms with Crippen molar-refractivity contribution in [2.75, 3.05) is 10.1 Å². The fourth-order valence-corrected chi connectivity index (χ4v) is 3.03. The van der Waals surface area contributed by atoms with Gasteiger partial charge in [0.25, 0.3) is 10.0 Å². The minimum atomic E-state index is -3.57. The van der Waals surface area contributed by atoms with Crippen LogP contribution < -0.4 is 4.72 Å². The number of hydrogen-bond acceptors (Lipinski definition) is 3. The summed E-state index contributed by atoms with van der Waals surface area (Å²) in [6, 6.07) is 11.9. The Bertz CT molecular complexity index is 627. The standard InChI is InChI=1S/C13H13BrN2O2S/c14-9-8-11-4-6-12(7-5-11)19(17,18)16-13-3-1-2-10-15-13/h1-7,10H,8-9H2,(H,15,16). The second-order valence-electron chi connectivity index (χ2n) is 3.90. The molecule has 0 spiro atoms. The van der Waals surface area contributed by atoms with Crippen molar-refractivity contribution in [1.29, 1.82) is 0 Å². The normalized spacial score (nSPS) is 11.2. The molecule has 0 unspecified atom stereocenters. The van der Waals surface area contributed by atoms with E-state index in [1.165, 1.54) is 6.20 Å². The minimum Gasteiger partial charge on any atom is -0.263 e. The maximum atomic E-state index is 12.1. The molecule has 19 heavy (non-hydrogen) atoms. The molecule has 0 fully saturated rings. The summed E-state index contributed by atoms with van der Waals surface area (Å²) in [7, 11) is -3.57. The number of benzene rings is 1. The van der Waals surface area contributed by atoms with E-state index >= 15 is 0 Å². The van der Waals surface area contributed by atoms with E-state index in [0.717, 1.165) is 17.3 Å². The molecule has 0 bridgehead atoms. The number of halogens is 1. The van der Waals surface area contributed by atoms with E-state index in [1.54, 1.807) is 30.3 Å². The summed E-state index contributed by atoms with van der Waals surface area (Å²) in [5, 5.41) is 0.852. The maximum Gasteiger partial charge on any atom is 0.263 e. The summed E-state index contributed by atoms with van der Waals surface area (Å²) in [4.78, 5) is 4.17. The molecule has 2 aromatic rings. The van der Waals surface area contributed by atoms with Gasteiger partial charge in [-0.15, -0.1) is 0 Å². The van der Waals surface area contributed by atoms with Crippen LogP contribution in [0.2, 0.25) is 0 Å². The highest BCUT2D eigenvalue weighted by atomic mass is 79.9. The van der Waals surface area contributed by atoms with Crippen LogP contribution in [0.1, 0.15) is 5.56 Å². The van der Waals surface area contributed by atoms with Crippen LogP contribution >= 0.6 is 15.9 Å². The summed E-state index contributed by atoms with van der Waals surface area (Å²) >= 11 is 3.35. The lowest BCUT2D eigenvalue weighted by atomic mass is 10.2. The minimum absolute atomic E-state index is 0.233. The Kier molecular flexibility index (Phi) is 4.55. The molecule has 0 aliphatic rings. The fourth-order valence-electron chi connectivity index (χ4n) is 1.56. The highest BCUT2D eigenvalue weighted by Gasteiger charge is 2.14. The van der Waals surface area contributed by atoms with Gasteiger partial charge in [0.1, 0.15) is 5.82 Å². The number of sulfonamides is 1. The first-order valence-electron chi connectivity index (χ1n) is 5.70. The molecule has 0 amide bonds. The first-order chi connectivity index (χ1) is 9.12. The monoisotopic (exact) mass is 340 g/mol. The van der Waals surface area contributed by atoms with Gasteiger partial charge >= 0.3 is 0 Å². The predicted molar refractivity (Wildman–Crippen MR) is 79.0 cm³/mol. The lowest BCUT2D eigenvalue weighted by Crippen LogP contribution is -2.13. The number of nitrogens with one attached hydrogen (secondary N) is 1. The third-order valence-electron chi connectivity index (χ3n) is 2.52. The average Bonchev–Trinajstić information content (AvgIpc) is 2.40. The molecule has 6 heteroatoms. The van der Waals surface area contributed by atoms with Crippen LogP contribution in [0.5, 0.6) is 0 Å². The molecule has 0 aliphatic carbocycles. The van der Waals surface area contributed by atoms with Gasteiger partial charge in [-0.25, -0.2) is 13.4 Å². The number of anilines is 1. The third kappa shape index (κ3) is 3.78. The molecule has 0 saturated carbocycles. The average molecular weight is 341 g/mol. The smallest absolute Gasteiger partial charge is 0.263 e. The van der Waals surface area contributed by atoms with Gasteiger partial charge < -0.3 is 0 Å². The molecule has 0 saturated heterocycles. The number of pyridine rings is 1. The van der Waals surface area contributed by atoms with Crippen LogP contribution in [0.3, 0.4) is 0 Å². The van der Waals surface area contributed by atoms with E-state index in [9.17, 15) is 8.42 Å². The molecule has 1 aromatic heterocycles. The first-order valence-corrected chi connectivity index (χ1v) is 8.31. The summed E-state index contributed by atoms with van der Waals surface area (Å²) in [6.07, 6.45) is 2.41. The molecular formula is C13H13BrN2O2S. The molecule has 1 N–H and O–H groups in total. The Morgan fingerprint density at radius 2 is 1.84 bits per heavy atom. The maximum absolute atomic E-state index is 12.1. The topological polar surface area (TPSA) is 59.1 Å². The number of rotatable bonds is 5. The van der Waals surface area contributed by atoms with Crippen molar-refractivity contribution in [3.63, 3.8) is 0 Å². The number of alkyl halides is 1. The van der Waals surface area contributed by atoms with Crippen molar-refractivity contribution < 1.29 is 8.42 Å². The molecule has 1 heterocycles. The zero-order valence-electron chi connectivity index (χ0n) is 10.1. The highest BCUT2D eigenvalue weighted by molar-refractivity contribution is 9.09. The van der Waals surface area contributed by atoms with Crippen molar-refractivity contribution in [3.8, 4) is 0 Å². The summed E-state index contributed by atoms with van der Waals surface area (Å²) in [5.74, 6) is 0.312. The lowest BCUT2D eigenvalue weighted by molar-refractivity contribution is 0.601. The third-order valence-corrected chi connectivity index (χ3v) is 4.29. The molecule has 100 valence electrons. The number of nitrogens with zero attached hydrogens (tertiary/aromatic N) is 1. The Labute approximate surface area is 121 Å². The van der Waals surface area contributed by atoms with Gasteiger partial charge in [0.05, 0.1) is 4.90 Å². The van der Waals surface area contributed by atoms with Gasteiger partial charge in [0.2, 0.25) is 0 Å². The molecule has 0 radical (unpaired) electrons. The first kappa shape index (κ1) is 14.0. The Balaban J connectivity index is 2.20. The van der Waals surface area contributed by atoms with E-state index < -0.39 is 10.0 Å². The molecule has 1 aromatic carbocycles. The Morgan fingerprint density at radius 1 is 1.11 bits per heavy atom. The number of aromatic nitrogens is 1. The molecule has 0 aliphatic heterocycles. The summed E-state index contributed by atoms with van der Waals surface area (Å²) < 4.78 is 26.7. The zero-order chi connectivity index (χ0) is 13.7. The second-order valence-corrected chi connectivity index (χ2v) is 6.38. The van der Waals surface area contributed by atoms with Crippen molar-refractivity contribution in [3.05, 3.63) is 54.2 Å². The number of hydrogen-bond donors (Lipinski definition) is 1. The van der Waals surface area contributed by atoms with Crippen LogP contribution in [-0.2, 0) is 16.4 Å².